The van der Waals surface area contributed by atoms with Crippen LogP contribution in [-0.2, 0) is 0 Å². The molecule has 1 N–H and O–H groups in total. The normalized spacial score (nSPS) is 12.8. The summed E-state index contributed by atoms with van der Waals surface area (Å²) < 4.78 is 5.76. The van der Waals surface area contributed by atoms with Crippen LogP contribution in [-0.4, -0.2) is 13.2 Å². The molecule has 3 nitrogen and oxygen atoms in total. The summed E-state index contributed by atoms with van der Waals surface area (Å²) >= 11 is 0. The Bertz CT molecular complexity index is 449. The highest BCUT2D eigenvalue weighted by molar-refractivity contribution is 5.30. The van der Waals surface area contributed by atoms with Gasteiger partial charge in [-0.1, -0.05) is 19.1 Å². The molecule has 0 aliphatic heterocycles. The van der Waals surface area contributed by atoms with Crippen molar-refractivity contribution >= 4 is 0 Å². The van der Waals surface area contributed by atoms with Crippen LogP contribution < -0.4 is 10.1 Å². The van der Waals surface area contributed by atoms with E-state index in [9.17, 15) is 0 Å². The topological polar surface area (TPSA) is 45.0 Å². The van der Waals surface area contributed by atoms with E-state index >= 15 is 0 Å². The lowest BCUT2D eigenvalue weighted by Gasteiger charge is -2.17. The highest BCUT2D eigenvalue weighted by Gasteiger charge is 2.16. The number of nitrogens with one attached hydrogen (secondary N) is 1. The molecule has 20 heavy (non-hydrogen) atoms. The van der Waals surface area contributed by atoms with Crippen LogP contribution in [0.4, 0.5) is 0 Å². The SMILES string of the molecule is CCCNC(C)c1cccc(OCCC(C)(C)C#N)c1. The molecule has 0 fully saturated rings. The average molecular weight is 274 g/mol. The zero-order valence-corrected chi connectivity index (χ0v) is 13.1. The van der Waals surface area contributed by atoms with E-state index in [4.69, 9.17) is 10.00 Å². The lowest BCUT2D eigenvalue weighted by Crippen LogP contribution is -2.19. The molecule has 0 saturated heterocycles. The van der Waals surface area contributed by atoms with Crippen molar-refractivity contribution in [3.63, 3.8) is 0 Å². The van der Waals surface area contributed by atoms with E-state index in [1.54, 1.807) is 0 Å². The average Bonchev–Trinajstić information content (AvgIpc) is 2.45. The van der Waals surface area contributed by atoms with Gasteiger partial charge < -0.3 is 10.1 Å². The second-order valence-electron chi connectivity index (χ2n) is 5.84. The van der Waals surface area contributed by atoms with Crippen LogP contribution in [0, 0.1) is 16.7 Å². The molecule has 1 aromatic rings. The Labute approximate surface area is 123 Å². The maximum absolute atomic E-state index is 8.98. The van der Waals surface area contributed by atoms with Crippen molar-refractivity contribution in [3.8, 4) is 11.8 Å². The third-order valence-corrected chi connectivity index (χ3v) is 3.36. The molecule has 0 aliphatic rings. The summed E-state index contributed by atoms with van der Waals surface area (Å²) in [5.74, 6) is 0.876. The van der Waals surface area contributed by atoms with E-state index in [0.717, 1.165) is 25.1 Å². The van der Waals surface area contributed by atoms with Gasteiger partial charge >= 0.3 is 0 Å². The van der Waals surface area contributed by atoms with Crippen LogP contribution >= 0.6 is 0 Å². The first-order valence-corrected chi connectivity index (χ1v) is 7.36. The van der Waals surface area contributed by atoms with Crippen LogP contribution in [0.1, 0.15) is 52.1 Å². The van der Waals surface area contributed by atoms with E-state index in [1.807, 2.05) is 26.0 Å². The van der Waals surface area contributed by atoms with Crippen molar-refractivity contribution in [3.05, 3.63) is 29.8 Å². The number of hydrogen-bond acceptors (Lipinski definition) is 3. The first kappa shape index (κ1) is 16.5. The molecule has 0 aromatic heterocycles. The molecule has 0 saturated carbocycles. The van der Waals surface area contributed by atoms with Gasteiger partial charge in [0.15, 0.2) is 0 Å². The standard InChI is InChI=1S/C17H26N2O/c1-5-10-19-14(2)15-7-6-8-16(12-15)20-11-9-17(3,4)13-18/h6-8,12,14,19H,5,9-11H2,1-4H3. The number of benzene rings is 1. The van der Waals surface area contributed by atoms with Crippen molar-refractivity contribution in [1.82, 2.24) is 5.32 Å². The summed E-state index contributed by atoms with van der Waals surface area (Å²) in [5.41, 5.74) is 0.906. The Kier molecular flexibility index (Phi) is 6.54. The fourth-order valence-electron chi connectivity index (χ4n) is 1.83. The number of rotatable bonds is 8. The summed E-state index contributed by atoms with van der Waals surface area (Å²) in [6.45, 7) is 9.78. The van der Waals surface area contributed by atoms with Gasteiger partial charge in [-0.2, -0.15) is 5.26 Å². The van der Waals surface area contributed by atoms with Crippen molar-refractivity contribution in [2.45, 2.75) is 46.6 Å². The van der Waals surface area contributed by atoms with E-state index in [2.05, 4.69) is 37.4 Å². The van der Waals surface area contributed by atoms with E-state index < -0.39 is 0 Å². The molecule has 0 amide bonds. The van der Waals surface area contributed by atoms with Crippen molar-refractivity contribution in [2.75, 3.05) is 13.2 Å². The number of hydrogen-bond donors (Lipinski definition) is 1. The van der Waals surface area contributed by atoms with Crippen LogP contribution in [0.25, 0.3) is 0 Å². The number of nitriles is 1. The Hall–Kier alpha value is -1.53. The van der Waals surface area contributed by atoms with Gasteiger partial charge in [0.05, 0.1) is 18.1 Å². The maximum atomic E-state index is 8.98. The number of ether oxygens (including phenoxy) is 1. The second kappa shape index (κ2) is 7.91. The van der Waals surface area contributed by atoms with Crippen LogP contribution in [0.15, 0.2) is 24.3 Å². The maximum Gasteiger partial charge on any atom is 0.119 e. The van der Waals surface area contributed by atoms with Gasteiger partial charge in [0.2, 0.25) is 0 Å². The molecule has 3 heteroatoms. The first-order chi connectivity index (χ1) is 9.48. The molecular formula is C17H26N2O. The smallest absolute Gasteiger partial charge is 0.119 e. The van der Waals surface area contributed by atoms with Crippen molar-refractivity contribution < 1.29 is 4.74 Å². The molecule has 110 valence electrons. The van der Waals surface area contributed by atoms with Gasteiger partial charge in [-0.15, -0.1) is 0 Å². The lowest BCUT2D eigenvalue weighted by atomic mass is 9.92. The predicted octanol–water partition coefficient (Wildman–Crippen LogP) is 4.07. The summed E-state index contributed by atoms with van der Waals surface area (Å²) in [4.78, 5) is 0. The summed E-state index contributed by atoms with van der Waals surface area (Å²) in [6, 6.07) is 10.8. The van der Waals surface area contributed by atoms with E-state index in [1.165, 1.54) is 5.56 Å². The van der Waals surface area contributed by atoms with Crippen LogP contribution in [0.3, 0.4) is 0 Å². The van der Waals surface area contributed by atoms with Crippen LogP contribution in [0.2, 0.25) is 0 Å². The van der Waals surface area contributed by atoms with Gasteiger partial charge in [-0.25, -0.2) is 0 Å². The Morgan fingerprint density at radius 3 is 2.80 bits per heavy atom. The van der Waals surface area contributed by atoms with Crippen LogP contribution in [0.5, 0.6) is 5.75 Å². The highest BCUT2D eigenvalue weighted by atomic mass is 16.5. The van der Waals surface area contributed by atoms with Crippen molar-refractivity contribution in [1.29, 1.82) is 5.26 Å². The molecule has 1 rings (SSSR count). The molecule has 0 heterocycles. The zero-order chi connectivity index (χ0) is 15.0. The highest BCUT2D eigenvalue weighted by Crippen LogP contribution is 2.22. The summed E-state index contributed by atoms with van der Waals surface area (Å²) in [6.07, 6.45) is 1.86. The molecule has 0 spiro atoms. The lowest BCUT2D eigenvalue weighted by molar-refractivity contribution is 0.264. The first-order valence-electron chi connectivity index (χ1n) is 7.36. The van der Waals surface area contributed by atoms with Gasteiger partial charge in [0.1, 0.15) is 5.75 Å². The Morgan fingerprint density at radius 1 is 1.40 bits per heavy atom. The minimum atomic E-state index is -0.326. The third kappa shape index (κ3) is 5.63. The number of nitrogens with zero attached hydrogens (tertiary/aromatic N) is 1. The fourth-order valence-corrected chi connectivity index (χ4v) is 1.83. The molecule has 0 radical (unpaired) electrons. The minimum absolute atomic E-state index is 0.326. The monoisotopic (exact) mass is 274 g/mol. The largest absolute Gasteiger partial charge is 0.494 e. The Balaban J connectivity index is 2.54. The zero-order valence-electron chi connectivity index (χ0n) is 13.1. The fraction of sp³-hybridized carbons (Fsp3) is 0.588. The molecule has 1 atom stereocenters. The van der Waals surface area contributed by atoms with Gasteiger partial charge in [-0.3, -0.25) is 0 Å². The molecule has 1 aromatic carbocycles. The van der Waals surface area contributed by atoms with Crippen molar-refractivity contribution in [2.24, 2.45) is 5.41 Å². The quantitative estimate of drug-likeness (QED) is 0.777. The van der Waals surface area contributed by atoms with E-state index in [-0.39, 0.29) is 5.41 Å². The molecule has 0 bridgehead atoms. The summed E-state index contributed by atoms with van der Waals surface area (Å²) in [5, 5.41) is 12.4. The molecule has 1 unspecified atom stereocenters. The van der Waals surface area contributed by atoms with E-state index in [0.29, 0.717) is 12.6 Å². The Morgan fingerprint density at radius 2 is 2.15 bits per heavy atom. The summed E-state index contributed by atoms with van der Waals surface area (Å²) in [7, 11) is 0. The van der Waals surface area contributed by atoms with Gasteiger partial charge in [0, 0.05) is 6.04 Å². The van der Waals surface area contributed by atoms with Gasteiger partial charge in [0.25, 0.3) is 0 Å². The third-order valence-electron chi connectivity index (χ3n) is 3.36. The molecular weight excluding hydrogens is 248 g/mol. The second-order valence-corrected chi connectivity index (χ2v) is 5.84. The predicted molar refractivity (Wildman–Crippen MR) is 82.7 cm³/mol. The van der Waals surface area contributed by atoms with Gasteiger partial charge in [-0.05, 0) is 57.9 Å². The molecule has 0 aliphatic carbocycles. The minimum Gasteiger partial charge on any atom is -0.494 e.